The fraction of sp³-hybridized carbons (Fsp3) is 0.381. The van der Waals surface area contributed by atoms with E-state index >= 15 is 0 Å². The molecule has 3 aromatic rings. The van der Waals surface area contributed by atoms with Crippen molar-refractivity contribution in [1.82, 2.24) is 9.55 Å². The van der Waals surface area contributed by atoms with Gasteiger partial charge in [0.05, 0.1) is 38.0 Å². The van der Waals surface area contributed by atoms with Crippen LogP contribution in [-0.2, 0) is 19.4 Å². The molecule has 1 unspecified atom stereocenters. The highest BCUT2D eigenvalue weighted by Crippen LogP contribution is 2.35. The molecular formula is C21H22N2O4S. The molecule has 2 heterocycles. The van der Waals surface area contributed by atoms with Crippen LogP contribution in [0.3, 0.4) is 0 Å². The minimum absolute atomic E-state index is 0.0909. The molecule has 1 aromatic carbocycles. The molecule has 0 spiro atoms. The lowest BCUT2D eigenvalue weighted by Gasteiger charge is -2.17. The van der Waals surface area contributed by atoms with Crippen molar-refractivity contribution in [2.24, 2.45) is 5.92 Å². The van der Waals surface area contributed by atoms with Gasteiger partial charge in [0.15, 0.2) is 5.78 Å². The third-order valence-corrected chi connectivity index (χ3v) is 6.47. The predicted octanol–water partition coefficient (Wildman–Crippen LogP) is 3.48. The second-order valence-electron chi connectivity index (χ2n) is 7.20. The molecule has 2 aromatic heterocycles. The number of fused-ring (bicyclic) bond motifs is 3. The highest BCUT2D eigenvalue weighted by Gasteiger charge is 2.24. The number of hydrogen-bond donors (Lipinski definition) is 0. The Kier molecular flexibility index (Phi) is 4.93. The van der Waals surface area contributed by atoms with Crippen LogP contribution in [0, 0.1) is 5.92 Å². The average molecular weight is 398 g/mol. The van der Waals surface area contributed by atoms with Crippen molar-refractivity contribution in [3.05, 3.63) is 50.9 Å². The fourth-order valence-electron chi connectivity index (χ4n) is 3.75. The van der Waals surface area contributed by atoms with E-state index in [0.717, 1.165) is 29.7 Å². The molecule has 0 aliphatic heterocycles. The van der Waals surface area contributed by atoms with E-state index in [4.69, 9.17) is 9.47 Å². The van der Waals surface area contributed by atoms with Gasteiger partial charge in [0, 0.05) is 4.88 Å². The van der Waals surface area contributed by atoms with Crippen molar-refractivity contribution < 1.29 is 14.3 Å². The van der Waals surface area contributed by atoms with Crippen LogP contribution in [0.25, 0.3) is 10.2 Å². The van der Waals surface area contributed by atoms with E-state index < -0.39 is 0 Å². The number of rotatable bonds is 5. The Hall–Kier alpha value is -2.67. The number of carbonyl (C=O) groups excluding carboxylic acids is 1. The van der Waals surface area contributed by atoms with Crippen molar-refractivity contribution in [1.29, 1.82) is 0 Å². The molecule has 6 nitrogen and oxygen atoms in total. The summed E-state index contributed by atoms with van der Waals surface area (Å²) in [5.41, 5.74) is 1.36. The summed E-state index contributed by atoms with van der Waals surface area (Å²) in [5, 5.41) is 0.680. The van der Waals surface area contributed by atoms with Crippen molar-refractivity contribution in [2.75, 3.05) is 14.2 Å². The summed E-state index contributed by atoms with van der Waals surface area (Å²) in [6.45, 7) is 2.14. The number of aromatic nitrogens is 2. The van der Waals surface area contributed by atoms with Gasteiger partial charge in [-0.05, 0) is 48.9 Å². The van der Waals surface area contributed by atoms with E-state index in [1.807, 2.05) is 0 Å². The van der Waals surface area contributed by atoms with E-state index in [0.29, 0.717) is 28.4 Å². The smallest absolute Gasteiger partial charge is 0.262 e. The number of Topliss-reactive ketones (excluding diaryl/α,β-unsaturated/α-hetero) is 1. The summed E-state index contributed by atoms with van der Waals surface area (Å²) in [6, 6.07) is 5.05. The lowest BCUT2D eigenvalue weighted by Crippen LogP contribution is -2.25. The molecule has 1 atom stereocenters. The maximum Gasteiger partial charge on any atom is 0.262 e. The van der Waals surface area contributed by atoms with Gasteiger partial charge in [-0.1, -0.05) is 6.92 Å². The second kappa shape index (κ2) is 7.39. The molecule has 4 rings (SSSR count). The lowest BCUT2D eigenvalue weighted by molar-refractivity contribution is 0.0967. The summed E-state index contributed by atoms with van der Waals surface area (Å²) in [6.07, 6.45) is 4.44. The van der Waals surface area contributed by atoms with Crippen LogP contribution in [0.4, 0.5) is 0 Å². The van der Waals surface area contributed by atoms with E-state index in [9.17, 15) is 9.59 Å². The van der Waals surface area contributed by atoms with Crippen LogP contribution >= 0.6 is 11.3 Å². The average Bonchev–Trinajstić information content (AvgIpc) is 3.07. The van der Waals surface area contributed by atoms with Crippen LogP contribution in [0.5, 0.6) is 11.5 Å². The number of methoxy groups -OCH3 is 2. The van der Waals surface area contributed by atoms with Gasteiger partial charge in [-0.3, -0.25) is 14.2 Å². The van der Waals surface area contributed by atoms with E-state index in [1.165, 1.54) is 22.9 Å². The molecule has 1 aliphatic carbocycles. The Morgan fingerprint density at radius 2 is 2.14 bits per heavy atom. The molecule has 0 saturated carbocycles. The SMILES string of the molecule is COc1ccc(OC)c(C(=O)Cn2cnc3sc4c(c3c2=O)CCC(C)C4)c1. The Bertz CT molecular complexity index is 1120. The minimum atomic E-state index is -0.225. The largest absolute Gasteiger partial charge is 0.497 e. The molecule has 0 N–H and O–H groups in total. The summed E-state index contributed by atoms with van der Waals surface area (Å²) < 4.78 is 11.9. The number of ether oxygens (including phenoxy) is 2. The van der Waals surface area contributed by atoms with Gasteiger partial charge < -0.3 is 9.47 Å². The first kappa shape index (κ1) is 18.7. The number of aryl methyl sites for hydroxylation is 1. The summed E-state index contributed by atoms with van der Waals surface area (Å²) >= 11 is 1.61. The van der Waals surface area contributed by atoms with Crippen LogP contribution in [0.1, 0.15) is 34.1 Å². The van der Waals surface area contributed by atoms with Gasteiger partial charge in [0.2, 0.25) is 0 Å². The van der Waals surface area contributed by atoms with E-state index in [1.54, 1.807) is 36.6 Å². The minimum Gasteiger partial charge on any atom is -0.497 e. The Morgan fingerprint density at radius 1 is 1.32 bits per heavy atom. The zero-order valence-electron chi connectivity index (χ0n) is 16.2. The highest BCUT2D eigenvalue weighted by molar-refractivity contribution is 7.18. The normalized spacial score (nSPS) is 16.0. The number of nitrogens with zero attached hydrogens (tertiary/aromatic N) is 2. The number of carbonyl (C=O) groups is 1. The first-order chi connectivity index (χ1) is 13.5. The third kappa shape index (κ3) is 3.20. The highest BCUT2D eigenvalue weighted by atomic mass is 32.1. The molecule has 0 amide bonds. The summed E-state index contributed by atoms with van der Waals surface area (Å²) in [5.74, 6) is 1.42. The van der Waals surface area contributed by atoms with Gasteiger partial charge in [0.25, 0.3) is 5.56 Å². The predicted molar refractivity (Wildman–Crippen MR) is 109 cm³/mol. The lowest BCUT2D eigenvalue weighted by atomic mass is 9.89. The van der Waals surface area contributed by atoms with E-state index in [-0.39, 0.29) is 17.9 Å². The zero-order valence-corrected chi connectivity index (χ0v) is 17.0. The van der Waals surface area contributed by atoms with Gasteiger partial charge in [-0.2, -0.15) is 0 Å². The molecule has 0 fully saturated rings. The molecular weight excluding hydrogens is 376 g/mol. The maximum absolute atomic E-state index is 13.1. The molecule has 0 radical (unpaired) electrons. The van der Waals surface area contributed by atoms with Gasteiger partial charge in [-0.25, -0.2) is 4.98 Å². The second-order valence-corrected chi connectivity index (χ2v) is 8.28. The molecule has 146 valence electrons. The standard InChI is InChI=1S/C21H22N2O4S/c1-12-4-6-14-18(8-12)28-20-19(14)21(25)23(11-22-20)10-16(24)15-9-13(26-2)5-7-17(15)27-3/h5,7,9,11-12H,4,6,8,10H2,1-3H3. The zero-order chi connectivity index (χ0) is 19.8. The van der Waals surface area contributed by atoms with Crippen molar-refractivity contribution in [3.8, 4) is 11.5 Å². The van der Waals surface area contributed by atoms with Crippen molar-refractivity contribution in [2.45, 2.75) is 32.7 Å². The van der Waals surface area contributed by atoms with Crippen LogP contribution < -0.4 is 15.0 Å². The molecule has 28 heavy (non-hydrogen) atoms. The number of hydrogen-bond acceptors (Lipinski definition) is 6. The van der Waals surface area contributed by atoms with Crippen LogP contribution in [0.15, 0.2) is 29.3 Å². The first-order valence-electron chi connectivity index (χ1n) is 9.26. The first-order valence-corrected chi connectivity index (χ1v) is 10.1. The topological polar surface area (TPSA) is 70.4 Å². The Labute approximate surface area is 166 Å². The Balaban J connectivity index is 1.72. The summed E-state index contributed by atoms with van der Waals surface area (Å²) in [7, 11) is 3.05. The monoisotopic (exact) mass is 398 g/mol. The molecule has 0 saturated heterocycles. The number of benzene rings is 1. The summed E-state index contributed by atoms with van der Waals surface area (Å²) in [4.78, 5) is 32.5. The fourth-order valence-corrected chi connectivity index (χ4v) is 5.09. The van der Waals surface area contributed by atoms with Crippen LogP contribution in [-0.4, -0.2) is 29.6 Å². The maximum atomic E-state index is 13.1. The molecule has 0 bridgehead atoms. The Morgan fingerprint density at radius 3 is 2.89 bits per heavy atom. The van der Waals surface area contributed by atoms with Crippen molar-refractivity contribution >= 4 is 27.3 Å². The number of ketones is 1. The van der Waals surface area contributed by atoms with Gasteiger partial charge in [-0.15, -0.1) is 11.3 Å². The van der Waals surface area contributed by atoms with Crippen molar-refractivity contribution in [3.63, 3.8) is 0 Å². The molecule has 7 heteroatoms. The van der Waals surface area contributed by atoms with Gasteiger partial charge in [0.1, 0.15) is 16.3 Å². The quantitative estimate of drug-likeness (QED) is 0.616. The van der Waals surface area contributed by atoms with Gasteiger partial charge >= 0.3 is 0 Å². The molecule has 1 aliphatic rings. The third-order valence-electron chi connectivity index (χ3n) is 5.30. The number of thiophene rings is 1. The van der Waals surface area contributed by atoms with E-state index in [2.05, 4.69) is 11.9 Å². The van der Waals surface area contributed by atoms with Crippen LogP contribution in [0.2, 0.25) is 0 Å².